The lowest BCUT2D eigenvalue weighted by atomic mass is 10.2. The molecule has 84 valence electrons. The zero-order valence-electron chi connectivity index (χ0n) is 8.81. The monoisotopic (exact) mass is 219 g/mol. The van der Waals surface area contributed by atoms with Crippen LogP contribution in [-0.2, 0) is 4.79 Å². The van der Waals surface area contributed by atoms with Gasteiger partial charge in [0, 0.05) is 19.2 Å². The largest absolute Gasteiger partial charge is 0.481 e. The fraction of sp³-hybridized carbons (Fsp3) is 0.364. The molecule has 0 amide bonds. The summed E-state index contributed by atoms with van der Waals surface area (Å²) >= 11 is 0. The molecule has 1 aromatic rings. The third-order valence-corrected chi connectivity index (χ3v) is 2.02. The van der Waals surface area contributed by atoms with Crippen molar-refractivity contribution in [3.05, 3.63) is 23.9 Å². The molecule has 0 atom stereocenters. The summed E-state index contributed by atoms with van der Waals surface area (Å²) in [7, 11) is 0. The molecule has 1 rings (SSSR count). The number of hydrogen-bond donors (Lipinski definition) is 2. The Balaban J connectivity index is 2.22. The number of nitrogens with one attached hydrogen (secondary N) is 1. The second-order valence-corrected chi connectivity index (χ2v) is 3.32. The number of anilines is 1. The number of hydrogen-bond acceptors (Lipinski definition) is 4. The number of aromatic nitrogens is 1. The predicted molar refractivity (Wildman–Crippen MR) is 58.9 cm³/mol. The first-order valence-corrected chi connectivity index (χ1v) is 5.04. The molecule has 0 fully saturated rings. The van der Waals surface area contributed by atoms with E-state index in [0.29, 0.717) is 24.3 Å². The van der Waals surface area contributed by atoms with Gasteiger partial charge in [-0.2, -0.15) is 5.26 Å². The summed E-state index contributed by atoms with van der Waals surface area (Å²) in [4.78, 5) is 14.3. The van der Waals surface area contributed by atoms with E-state index in [4.69, 9.17) is 10.4 Å². The normalized spacial score (nSPS) is 9.44. The summed E-state index contributed by atoms with van der Waals surface area (Å²) in [6.45, 7) is 0.687. The van der Waals surface area contributed by atoms with E-state index in [0.717, 1.165) is 6.42 Å². The van der Waals surface area contributed by atoms with Gasteiger partial charge in [0.2, 0.25) is 0 Å². The third kappa shape index (κ3) is 4.42. The van der Waals surface area contributed by atoms with Crippen LogP contribution < -0.4 is 5.32 Å². The van der Waals surface area contributed by atoms with Crippen molar-refractivity contribution in [1.82, 2.24) is 4.98 Å². The molecular weight excluding hydrogens is 206 g/mol. The van der Waals surface area contributed by atoms with Crippen molar-refractivity contribution in [1.29, 1.82) is 5.26 Å². The molecule has 16 heavy (non-hydrogen) atoms. The zero-order chi connectivity index (χ0) is 11.8. The number of rotatable bonds is 6. The number of pyridine rings is 1. The summed E-state index contributed by atoms with van der Waals surface area (Å²) in [5.74, 6) is -0.0641. The van der Waals surface area contributed by atoms with E-state index in [9.17, 15) is 4.79 Å². The first-order valence-electron chi connectivity index (χ1n) is 5.04. The maximum Gasteiger partial charge on any atom is 0.303 e. The molecule has 0 radical (unpaired) electrons. The van der Waals surface area contributed by atoms with Gasteiger partial charge in [0.25, 0.3) is 0 Å². The highest BCUT2D eigenvalue weighted by molar-refractivity contribution is 5.66. The summed E-state index contributed by atoms with van der Waals surface area (Å²) in [6.07, 6.45) is 3.13. The second-order valence-electron chi connectivity index (χ2n) is 3.32. The minimum atomic E-state index is -0.767. The van der Waals surface area contributed by atoms with Gasteiger partial charge in [-0.25, -0.2) is 4.98 Å². The van der Waals surface area contributed by atoms with Gasteiger partial charge in [0.15, 0.2) is 0 Å². The minimum Gasteiger partial charge on any atom is -0.481 e. The number of carbonyl (C=O) groups is 1. The smallest absolute Gasteiger partial charge is 0.303 e. The molecule has 0 bridgehead atoms. The quantitative estimate of drug-likeness (QED) is 0.710. The SMILES string of the molecule is N#Cc1ccc(NCCCCC(=O)O)nc1. The van der Waals surface area contributed by atoms with Crippen LogP contribution in [0.1, 0.15) is 24.8 Å². The van der Waals surface area contributed by atoms with Crippen LogP contribution >= 0.6 is 0 Å². The maximum absolute atomic E-state index is 10.2. The fourth-order valence-corrected chi connectivity index (χ4v) is 1.18. The fourth-order valence-electron chi connectivity index (χ4n) is 1.18. The molecule has 5 heteroatoms. The Morgan fingerprint density at radius 1 is 1.50 bits per heavy atom. The Morgan fingerprint density at radius 2 is 2.31 bits per heavy atom. The van der Waals surface area contributed by atoms with Crippen molar-refractivity contribution < 1.29 is 9.90 Å². The summed E-state index contributed by atoms with van der Waals surface area (Å²) < 4.78 is 0. The van der Waals surface area contributed by atoms with Crippen molar-refractivity contribution >= 4 is 11.8 Å². The van der Waals surface area contributed by atoms with Gasteiger partial charge in [-0.05, 0) is 25.0 Å². The highest BCUT2D eigenvalue weighted by Crippen LogP contribution is 2.04. The van der Waals surface area contributed by atoms with E-state index < -0.39 is 5.97 Å². The number of carboxylic acids is 1. The van der Waals surface area contributed by atoms with E-state index in [1.165, 1.54) is 6.20 Å². The predicted octanol–water partition coefficient (Wildman–Crippen LogP) is 1.62. The Bertz CT molecular complexity index is 381. The van der Waals surface area contributed by atoms with Crippen LogP contribution in [0.4, 0.5) is 5.82 Å². The number of nitriles is 1. The van der Waals surface area contributed by atoms with E-state index >= 15 is 0 Å². The Labute approximate surface area is 93.7 Å². The van der Waals surface area contributed by atoms with Gasteiger partial charge in [0.05, 0.1) is 5.56 Å². The Morgan fingerprint density at radius 3 is 2.88 bits per heavy atom. The van der Waals surface area contributed by atoms with Gasteiger partial charge >= 0.3 is 5.97 Å². The Kier molecular flexibility index (Phi) is 4.80. The molecule has 1 heterocycles. The molecule has 0 saturated heterocycles. The van der Waals surface area contributed by atoms with Crippen LogP contribution in [0.5, 0.6) is 0 Å². The second kappa shape index (κ2) is 6.40. The maximum atomic E-state index is 10.2. The average molecular weight is 219 g/mol. The molecule has 1 aromatic heterocycles. The molecule has 2 N–H and O–H groups in total. The first-order chi connectivity index (χ1) is 7.72. The molecule has 0 aliphatic heterocycles. The highest BCUT2D eigenvalue weighted by Gasteiger charge is 1.97. The van der Waals surface area contributed by atoms with Crippen molar-refractivity contribution in [2.45, 2.75) is 19.3 Å². The van der Waals surface area contributed by atoms with Crippen molar-refractivity contribution in [3.8, 4) is 6.07 Å². The zero-order valence-corrected chi connectivity index (χ0v) is 8.81. The van der Waals surface area contributed by atoms with Crippen molar-refractivity contribution in [2.75, 3.05) is 11.9 Å². The summed E-state index contributed by atoms with van der Waals surface area (Å²) in [5, 5.41) is 20.0. The highest BCUT2D eigenvalue weighted by atomic mass is 16.4. The number of unbranched alkanes of at least 4 members (excludes halogenated alkanes) is 1. The minimum absolute atomic E-state index is 0.197. The standard InChI is InChI=1S/C11H13N3O2/c12-7-9-4-5-10(14-8-9)13-6-2-1-3-11(15)16/h4-5,8H,1-3,6H2,(H,13,14)(H,15,16). The van der Waals surface area contributed by atoms with Crippen LogP contribution in [0.25, 0.3) is 0 Å². The molecule has 0 aliphatic rings. The number of nitrogens with zero attached hydrogens (tertiary/aromatic N) is 2. The number of carboxylic acid groups (broad SMARTS) is 1. The molecule has 0 aliphatic carbocycles. The van der Waals surface area contributed by atoms with Crippen molar-refractivity contribution in [3.63, 3.8) is 0 Å². The van der Waals surface area contributed by atoms with E-state index in [1.807, 2.05) is 6.07 Å². The van der Waals surface area contributed by atoms with Crippen LogP contribution in [0.2, 0.25) is 0 Å². The summed E-state index contributed by atoms with van der Waals surface area (Å²) in [6, 6.07) is 5.41. The lowest BCUT2D eigenvalue weighted by Gasteiger charge is -2.04. The van der Waals surface area contributed by atoms with Crippen molar-refractivity contribution in [2.24, 2.45) is 0 Å². The number of aliphatic carboxylic acids is 1. The molecule has 0 saturated carbocycles. The summed E-state index contributed by atoms with van der Waals surface area (Å²) in [5.41, 5.74) is 0.524. The lowest BCUT2D eigenvalue weighted by molar-refractivity contribution is -0.137. The van der Waals surface area contributed by atoms with Gasteiger partial charge in [-0.15, -0.1) is 0 Å². The van der Waals surface area contributed by atoms with Gasteiger partial charge in [-0.3, -0.25) is 4.79 Å². The van der Waals surface area contributed by atoms with Gasteiger partial charge in [0.1, 0.15) is 11.9 Å². The van der Waals surface area contributed by atoms with E-state index in [2.05, 4.69) is 10.3 Å². The third-order valence-electron chi connectivity index (χ3n) is 2.02. The van der Waals surface area contributed by atoms with Gasteiger partial charge < -0.3 is 10.4 Å². The average Bonchev–Trinajstić information content (AvgIpc) is 2.29. The van der Waals surface area contributed by atoms with Crippen LogP contribution in [0.3, 0.4) is 0 Å². The van der Waals surface area contributed by atoms with Crippen LogP contribution in [-0.4, -0.2) is 22.6 Å². The first kappa shape index (κ1) is 12.0. The molecule has 0 unspecified atom stereocenters. The lowest BCUT2D eigenvalue weighted by Crippen LogP contribution is -2.04. The molecular formula is C11H13N3O2. The van der Waals surface area contributed by atoms with Crippen LogP contribution in [0.15, 0.2) is 18.3 Å². The van der Waals surface area contributed by atoms with Crippen LogP contribution in [0, 0.1) is 11.3 Å². The molecule has 0 aromatic carbocycles. The topological polar surface area (TPSA) is 86.0 Å². The van der Waals surface area contributed by atoms with E-state index in [-0.39, 0.29) is 6.42 Å². The van der Waals surface area contributed by atoms with Gasteiger partial charge in [-0.1, -0.05) is 0 Å². The molecule has 0 spiro atoms. The van der Waals surface area contributed by atoms with E-state index in [1.54, 1.807) is 12.1 Å². The molecule has 5 nitrogen and oxygen atoms in total. The Hall–Kier alpha value is -2.09.